The summed E-state index contributed by atoms with van der Waals surface area (Å²) in [6, 6.07) is 15.7. The van der Waals surface area contributed by atoms with Gasteiger partial charge in [0, 0.05) is 18.8 Å². The standard InChI is InChI=1S/C23H29N3O3/c1-25(15-22(27)24-18-10-7-11-19(14-18)29-3)16-23(28)26(2)21-13-6-9-17-8-4-5-12-20(17)21/h4-5,7-8,10-12,14,21H,6,9,13,15-16H2,1-3H3,(H,24,27)/p+1/t21-/m0/s1. The quantitative estimate of drug-likeness (QED) is 0.749. The number of hydrogen-bond acceptors (Lipinski definition) is 3. The first-order chi connectivity index (χ1) is 14.0. The lowest BCUT2D eigenvalue weighted by Gasteiger charge is -2.33. The van der Waals surface area contributed by atoms with Gasteiger partial charge in [0.25, 0.3) is 11.8 Å². The Kier molecular flexibility index (Phi) is 6.88. The molecule has 0 heterocycles. The molecule has 2 aromatic rings. The highest BCUT2D eigenvalue weighted by Crippen LogP contribution is 2.33. The Morgan fingerprint density at radius 1 is 1.17 bits per heavy atom. The number of ether oxygens (including phenoxy) is 1. The summed E-state index contributed by atoms with van der Waals surface area (Å²) in [6.45, 7) is 0.499. The molecule has 1 unspecified atom stereocenters. The lowest BCUT2D eigenvalue weighted by molar-refractivity contribution is -0.862. The number of rotatable bonds is 7. The Bertz CT molecular complexity index is 868. The van der Waals surface area contributed by atoms with Crippen LogP contribution in [0.3, 0.4) is 0 Å². The molecule has 1 aliphatic carbocycles. The van der Waals surface area contributed by atoms with Gasteiger partial charge < -0.3 is 19.9 Å². The number of amides is 2. The highest BCUT2D eigenvalue weighted by atomic mass is 16.5. The fourth-order valence-corrected chi connectivity index (χ4v) is 3.93. The van der Waals surface area contributed by atoms with Crippen LogP contribution in [0.25, 0.3) is 0 Å². The van der Waals surface area contributed by atoms with Crippen molar-refractivity contribution in [1.82, 2.24) is 4.90 Å². The molecule has 2 aromatic carbocycles. The van der Waals surface area contributed by atoms with Gasteiger partial charge >= 0.3 is 0 Å². The first kappa shape index (κ1) is 20.9. The zero-order valence-electron chi connectivity index (χ0n) is 17.4. The van der Waals surface area contributed by atoms with Gasteiger partial charge in [0.2, 0.25) is 0 Å². The van der Waals surface area contributed by atoms with Gasteiger partial charge in [-0.05, 0) is 42.5 Å². The van der Waals surface area contributed by atoms with Gasteiger partial charge in [-0.1, -0.05) is 30.3 Å². The number of carbonyl (C=O) groups excluding carboxylic acids is 2. The summed E-state index contributed by atoms with van der Waals surface area (Å²) in [5.41, 5.74) is 3.27. The second-order valence-corrected chi connectivity index (χ2v) is 7.70. The van der Waals surface area contributed by atoms with E-state index in [9.17, 15) is 9.59 Å². The van der Waals surface area contributed by atoms with E-state index in [1.54, 1.807) is 13.2 Å². The first-order valence-electron chi connectivity index (χ1n) is 10.1. The Hall–Kier alpha value is -2.86. The molecule has 0 bridgehead atoms. The summed E-state index contributed by atoms with van der Waals surface area (Å²) in [5, 5.41) is 2.86. The van der Waals surface area contributed by atoms with Crippen molar-refractivity contribution in [2.24, 2.45) is 0 Å². The van der Waals surface area contributed by atoms with Gasteiger partial charge in [-0.2, -0.15) is 0 Å². The average Bonchev–Trinajstić information content (AvgIpc) is 2.72. The molecular formula is C23H30N3O3+. The Morgan fingerprint density at radius 3 is 2.76 bits per heavy atom. The van der Waals surface area contributed by atoms with Crippen molar-refractivity contribution in [2.75, 3.05) is 39.6 Å². The molecule has 2 atom stereocenters. The first-order valence-corrected chi connectivity index (χ1v) is 10.1. The maximum Gasteiger partial charge on any atom is 0.279 e. The number of carbonyl (C=O) groups is 2. The van der Waals surface area contributed by atoms with E-state index in [-0.39, 0.29) is 30.9 Å². The summed E-state index contributed by atoms with van der Waals surface area (Å²) in [6.07, 6.45) is 3.14. The van der Waals surface area contributed by atoms with Crippen molar-refractivity contribution >= 4 is 17.5 Å². The van der Waals surface area contributed by atoms with E-state index in [1.807, 2.05) is 43.3 Å². The third kappa shape index (κ3) is 5.35. The van der Waals surface area contributed by atoms with Crippen molar-refractivity contribution in [1.29, 1.82) is 0 Å². The van der Waals surface area contributed by atoms with E-state index < -0.39 is 0 Å². The minimum atomic E-state index is -0.130. The molecule has 2 N–H and O–H groups in total. The molecule has 1 aliphatic rings. The molecule has 154 valence electrons. The molecule has 0 saturated carbocycles. The van der Waals surface area contributed by atoms with Crippen LogP contribution in [0.5, 0.6) is 5.75 Å². The maximum atomic E-state index is 12.8. The van der Waals surface area contributed by atoms with Crippen LogP contribution in [0.1, 0.15) is 30.0 Å². The molecule has 29 heavy (non-hydrogen) atoms. The highest BCUT2D eigenvalue weighted by molar-refractivity contribution is 5.91. The van der Waals surface area contributed by atoms with Crippen molar-refractivity contribution < 1.29 is 19.2 Å². The number of fused-ring (bicyclic) bond motifs is 1. The van der Waals surface area contributed by atoms with Crippen LogP contribution in [0.4, 0.5) is 5.69 Å². The van der Waals surface area contributed by atoms with Crippen molar-refractivity contribution in [3.8, 4) is 5.75 Å². The number of benzene rings is 2. The second kappa shape index (κ2) is 9.56. The van der Waals surface area contributed by atoms with E-state index >= 15 is 0 Å². The zero-order valence-corrected chi connectivity index (χ0v) is 17.4. The van der Waals surface area contributed by atoms with Crippen LogP contribution < -0.4 is 15.0 Å². The minimum Gasteiger partial charge on any atom is -0.497 e. The van der Waals surface area contributed by atoms with Crippen LogP contribution in [0.15, 0.2) is 48.5 Å². The number of quaternary nitrogens is 1. The van der Waals surface area contributed by atoms with Gasteiger partial charge in [0.15, 0.2) is 13.1 Å². The smallest absolute Gasteiger partial charge is 0.279 e. The van der Waals surface area contributed by atoms with Crippen LogP contribution >= 0.6 is 0 Å². The summed E-state index contributed by atoms with van der Waals surface area (Å²) in [4.78, 5) is 27.9. The molecule has 3 rings (SSSR count). The Morgan fingerprint density at radius 2 is 1.97 bits per heavy atom. The minimum absolute atomic E-state index is 0.0541. The molecule has 0 aliphatic heterocycles. The van der Waals surface area contributed by atoms with Gasteiger partial charge in [-0.3, -0.25) is 9.59 Å². The molecule has 2 amide bonds. The number of aryl methyl sites for hydroxylation is 1. The van der Waals surface area contributed by atoms with E-state index in [1.165, 1.54) is 11.1 Å². The van der Waals surface area contributed by atoms with Crippen LogP contribution in [-0.4, -0.2) is 51.0 Å². The number of hydrogen-bond donors (Lipinski definition) is 2. The lowest BCUT2D eigenvalue weighted by atomic mass is 9.87. The fourth-order valence-electron chi connectivity index (χ4n) is 3.93. The summed E-state index contributed by atoms with van der Waals surface area (Å²) in [7, 11) is 5.33. The predicted molar refractivity (Wildman–Crippen MR) is 113 cm³/mol. The van der Waals surface area contributed by atoms with Crippen molar-refractivity contribution in [3.63, 3.8) is 0 Å². The number of methoxy groups -OCH3 is 1. The topological polar surface area (TPSA) is 63.1 Å². The Balaban J connectivity index is 1.54. The largest absolute Gasteiger partial charge is 0.497 e. The number of nitrogens with zero attached hydrogens (tertiary/aromatic N) is 1. The average molecular weight is 397 g/mol. The van der Waals surface area contributed by atoms with E-state index in [2.05, 4.69) is 23.5 Å². The van der Waals surface area contributed by atoms with Crippen molar-refractivity contribution in [2.45, 2.75) is 25.3 Å². The van der Waals surface area contributed by atoms with Crippen LogP contribution in [0, 0.1) is 0 Å². The summed E-state index contributed by atoms with van der Waals surface area (Å²) in [5.74, 6) is 0.612. The number of likely N-dealkylation sites (N-methyl/N-ethyl adjacent to an activating group) is 2. The SMILES string of the molecule is COc1cccc(NC(=O)C[NH+](C)CC(=O)N(C)[C@H]2CCCc3ccccc32)c1. The monoisotopic (exact) mass is 396 g/mol. The molecule has 6 nitrogen and oxygen atoms in total. The van der Waals surface area contributed by atoms with Gasteiger partial charge in [0.05, 0.1) is 20.2 Å². The normalized spacial score (nSPS) is 16.4. The summed E-state index contributed by atoms with van der Waals surface area (Å²) < 4.78 is 5.17. The van der Waals surface area contributed by atoms with Gasteiger partial charge in [-0.25, -0.2) is 0 Å². The molecular weight excluding hydrogens is 366 g/mol. The summed E-state index contributed by atoms with van der Waals surface area (Å²) >= 11 is 0. The molecule has 0 radical (unpaired) electrons. The van der Waals surface area contributed by atoms with Gasteiger partial charge in [0.1, 0.15) is 5.75 Å². The molecule has 0 aromatic heterocycles. The van der Waals surface area contributed by atoms with E-state index in [4.69, 9.17) is 4.74 Å². The van der Waals surface area contributed by atoms with E-state index in [0.717, 1.165) is 24.2 Å². The number of anilines is 1. The maximum absolute atomic E-state index is 12.8. The highest BCUT2D eigenvalue weighted by Gasteiger charge is 2.28. The third-order valence-corrected chi connectivity index (χ3v) is 5.47. The van der Waals surface area contributed by atoms with Gasteiger partial charge in [-0.15, -0.1) is 0 Å². The fraction of sp³-hybridized carbons (Fsp3) is 0.391. The number of nitrogens with one attached hydrogen (secondary N) is 2. The molecule has 0 fully saturated rings. The second-order valence-electron chi connectivity index (χ2n) is 7.70. The Labute approximate surface area is 172 Å². The zero-order chi connectivity index (χ0) is 20.8. The molecule has 0 spiro atoms. The van der Waals surface area contributed by atoms with Crippen LogP contribution in [-0.2, 0) is 16.0 Å². The van der Waals surface area contributed by atoms with Crippen molar-refractivity contribution in [3.05, 3.63) is 59.7 Å². The molecule has 0 saturated heterocycles. The lowest BCUT2D eigenvalue weighted by Crippen LogP contribution is -3.11. The van der Waals surface area contributed by atoms with E-state index in [0.29, 0.717) is 11.4 Å². The van der Waals surface area contributed by atoms with Crippen LogP contribution in [0.2, 0.25) is 0 Å². The predicted octanol–water partition coefficient (Wildman–Crippen LogP) is 1.68. The third-order valence-electron chi connectivity index (χ3n) is 5.47. The molecule has 6 heteroatoms.